The monoisotopic (exact) mass is 583 g/mol. The largest absolute Gasteiger partial charge is 0.493 e. The SMILES string of the molecule is Cc1ccc(NC(=O)N(OC(=O)C(F)(F)F)c2ccc(-c3cc(CN4CCOCC4)n4ncnc(N)c34)cc2)cc1C. The van der Waals surface area contributed by atoms with Crippen molar-refractivity contribution in [3.8, 4) is 11.1 Å². The summed E-state index contributed by atoms with van der Waals surface area (Å²) in [5, 5.41) is 7.12. The number of hydroxylamine groups is 1. The molecule has 0 bridgehead atoms. The van der Waals surface area contributed by atoms with Crippen LogP contribution in [0.25, 0.3) is 16.6 Å². The number of aromatic nitrogens is 3. The van der Waals surface area contributed by atoms with Crippen LogP contribution in [-0.4, -0.2) is 64.0 Å². The van der Waals surface area contributed by atoms with Crippen molar-refractivity contribution < 1.29 is 32.3 Å². The zero-order valence-corrected chi connectivity index (χ0v) is 22.8. The van der Waals surface area contributed by atoms with Crippen molar-refractivity contribution in [1.82, 2.24) is 19.5 Å². The van der Waals surface area contributed by atoms with Crippen molar-refractivity contribution in [2.45, 2.75) is 26.6 Å². The average molecular weight is 584 g/mol. The van der Waals surface area contributed by atoms with Crippen LogP contribution < -0.4 is 16.1 Å². The Kier molecular flexibility index (Phi) is 8.00. The molecule has 5 rings (SSSR count). The van der Waals surface area contributed by atoms with E-state index in [4.69, 9.17) is 10.5 Å². The summed E-state index contributed by atoms with van der Waals surface area (Å²) in [6.07, 6.45) is -3.96. The van der Waals surface area contributed by atoms with Gasteiger partial charge in [0.2, 0.25) is 0 Å². The number of hydrogen-bond donors (Lipinski definition) is 2. The maximum atomic E-state index is 13.1. The van der Waals surface area contributed by atoms with Crippen molar-refractivity contribution in [1.29, 1.82) is 0 Å². The van der Waals surface area contributed by atoms with Crippen molar-refractivity contribution in [3.63, 3.8) is 0 Å². The van der Waals surface area contributed by atoms with Crippen LogP contribution in [0.15, 0.2) is 54.9 Å². The Balaban J connectivity index is 1.47. The van der Waals surface area contributed by atoms with Crippen LogP contribution in [0, 0.1) is 13.8 Å². The van der Waals surface area contributed by atoms with Gasteiger partial charge >= 0.3 is 18.2 Å². The molecule has 0 spiro atoms. The van der Waals surface area contributed by atoms with Gasteiger partial charge in [-0.25, -0.2) is 19.1 Å². The molecule has 0 unspecified atom stereocenters. The lowest BCUT2D eigenvalue weighted by molar-refractivity contribution is -0.199. The molecule has 2 aromatic carbocycles. The van der Waals surface area contributed by atoms with Crippen LogP contribution in [0.4, 0.5) is 35.2 Å². The average Bonchev–Trinajstić information content (AvgIpc) is 3.33. The first-order chi connectivity index (χ1) is 20.0. The molecular formula is C28H28F3N7O4. The lowest BCUT2D eigenvalue weighted by Gasteiger charge is -2.26. The molecule has 42 heavy (non-hydrogen) atoms. The number of anilines is 3. The van der Waals surface area contributed by atoms with E-state index in [1.54, 1.807) is 34.8 Å². The third-order valence-electron chi connectivity index (χ3n) is 6.91. The Hall–Kier alpha value is -4.69. The first-order valence-corrected chi connectivity index (χ1v) is 13.0. The fourth-order valence-corrected chi connectivity index (χ4v) is 4.57. The lowest BCUT2D eigenvalue weighted by atomic mass is 10.1. The summed E-state index contributed by atoms with van der Waals surface area (Å²) < 4.78 is 46.4. The number of benzene rings is 2. The molecule has 0 atom stereocenters. The molecule has 1 aliphatic heterocycles. The third-order valence-corrected chi connectivity index (χ3v) is 6.91. The fourth-order valence-electron chi connectivity index (χ4n) is 4.57. The van der Waals surface area contributed by atoms with Crippen molar-refractivity contribution in [2.75, 3.05) is 42.4 Å². The number of hydrogen-bond acceptors (Lipinski definition) is 8. The highest BCUT2D eigenvalue weighted by molar-refractivity contribution is 6.02. The summed E-state index contributed by atoms with van der Waals surface area (Å²) in [5.74, 6) is -2.30. The number of urea groups is 1. The number of aryl methyl sites for hydroxylation is 2. The molecule has 0 aliphatic carbocycles. The van der Waals surface area contributed by atoms with Crippen molar-refractivity contribution >= 4 is 34.7 Å². The number of fused-ring (bicyclic) bond motifs is 1. The number of nitrogens with one attached hydrogen (secondary N) is 1. The molecule has 2 amide bonds. The number of nitrogen functional groups attached to an aromatic ring is 1. The van der Waals surface area contributed by atoms with Gasteiger partial charge in [0.25, 0.3) is 0 Å². The van der Waals surface area contributed by atoms with Crippen LogP contribution in [0.5, 0.6) is 0 Å². The van der Waals surface area contributed by atoms with Gasteiger partial charge < -0.3 is 20.6 Å². The van der Waals surface area contributed by atoms with Gasteiger partial charge in [0, 0.05) is 30.9 Å². The number of alkyl halides is 3. The van der Waals surface area contributed by atoms with Gasteiger partial charge in [-0.2, -0.15) is 18.3 Å². The molecule has 0 saturated carbocycles. The Bertz CT molecular complexity index is 1620. The molecule has 220 valence electrons. The van der Waals surface area contributed by atoms with Crippen molar-refractivity contribution in [3.05, 3.63) is 71.7 Å². The van der Waals surface area contributed by atoms with Gasteiger partial charge in [0.05, 0.1) is 24.6 Å². The second-order valence-corrected chi connectivity index (χ2v) is 9.79. The minimum atomic E-state index is -5.32. The van der Waals surface area contributed by atoms with E-state index < -0.39 is 18.2 Å². The van der Waals surface area contributed by atoms with E-state index in [2.05, 4.69) is 25.1 Å². The maximum Gasteiger partial charge on any atom is 0.493 e. The van der Waals surface area contributed by atoms with Gasteiger partial charge in [0.15, 0.2) is 5.82 Å². The van der Waals surface area contributed by atoms with Crippen LogP contribution >= 0.6 is 0 Å². The molecule has 3 N–H and O–H groups in total. The van der Waals surface area contributed by atoms with Gasteiger partial charge in [-0.3, -0.25) is 4.90 Å². The van der Waals surface area contributed by atoms with Crippen molar-refractivity contribution in [2.24, 2.45) is 0 Å². The highest BCUT2D eigenvalue weighted by atomic mass is 19.4. The number of rotatable bonds is 5. The predicted molar refractivity (Wildman–Crippen MR) is 148 cm³/mol. The number of amides is 2. The fraction of sp³-hybridized carbons (Fsp3) is 0.286. The zero-order valence-electron chi connectivity index (χ0n) is 22.8. The topological polar surface area (TPSA) is 127 Å². The summed E-state index contributed by atoms with van der Waals surface area (Å²) in [4.78, 5) is 35.6. The maximum absolute atomic E-state index is 13.1. The number of nitrogens with two attached hydrogens (primary N) is 1. The Morgan fingerprint density at radius 3 is 2.45 bits per heavy atom. The van der Waals surface area contributed by atoms with E-state index >= 15 is 0 Å². The molecule has 2 aromatic heterocycles. The van der Waals surface area contributed by atoms with Crippen LogP contribution in [0.1, 0.15) is 16.8 Å². The van der Waals surface area contributed by atoms with Gasteiger partial charge in [-0.1, -0.05) is 18.2 Å². The molecule has 3 heterocycles. The Morgan fingerprint density at radius 1 is 1.07 bits per heavy atom. The summed E-state index contributed by atoms with van der Waals surface area (Å²) in [5.41, 5.74) is 11.0. The molecule has 1 aliphatic rings. The van der Waals surface area contributed by atoms with Crippen LogP contribution in [0.2, 0.25) is 0 Å². The number of nitrogens with zero attached hydrogens (tertiary/aromatic N) is 5. The van der Waals surface area contributed by atoms with Gasteiger partial charge in [0.1, 0.15) is 11.8 Å². The van der Waals surface area contributed by atoms with E-state index in [1.807, 2.05) is 19.9 Å². The Morgan fingerprint density at radius 2 is 1.79 bits per heavy atom. The van der Waals surface area contributed by atoms with E-state index in [9.17, 15) is 22.8 Å². The minimum Gasteiger partial charge on any atom is -0.382 e. The molecule has 1 saturated heterocycles. The predicted octanol–water partition coefficient (Wildman–Crippen LogP) is 4.49. The highest BCUT2D eigenvalue weighted by Crippen LogP contribution is 2.33. The van der Waals surface area contributed by atoms with Crippen LogP contribution in [0.3, 0.4) is 0 Å². The normalized spacial score (nSPS) is 14.1. The van der Waals surface area contributed by atoms with Crippen LogP contribution in [-0.2, 0) is 20.9 Å². The van der Waals surface area contributed by atoms with E-state index in [0.717, 1.165) is 29.9 Å². The zero-order chi connectivity index (χ0) is 30.0. The first kappa shape index (κ1) is 28.8. The third kappa shape index (κ3) is 6.14. The standard InChI is InChI=1S/C28H28F3N7O4/c1-17-3-6-20(13-18(17)2)35-27(40)38(42-26(39)28(29,30)31)21-7-4-19(5-8-21)23-14-22(15-36-9-11-41-12-10-36)37-24(23)25(32)33-16-34-37/h3-8,13-14,16H,9-12,15H2,1-2H3,(H,35,40)(H2,32,33,34). The highest BCUT2D eigenvalue weighted by Gasteiger charge is 2.44. The first-order valence-electron chi connectivity index (χ1n) is 13.0. The molecule has 0 radical (unpaired) electrons. The Labute approximate surface area is 238 Å². The van der Waals surface area contributed by atoms with E-state index in [0.29, 0.717) is 42.1 Å². The van der Waals surface area contributed by atoms with Gasteiger partial charge in [-0.05, 0) is 60.9 Å². The second kappa shape index (κ2) is 11.7. The number of ether oxygens (including phenoxy) is 1. The smallest absolute Gasteiger partial charge is 0.382 e. The van der Waals surface area contributed by atoms with E-state index in [-0.39, 0.29) is 16.6 Å². The summed E-state index contributed by atoms with van der Waals surface area (Å²) >= 11 is 0. The number of carbonyl (C=O) groups excluding carboxylic acids is 2. The second-order valence-electron chi connectivity index (χ2n) is 9.79. The molecule has 1 fully saturated rings. The molecule has 14 heteroatoms. The summed E-state index contributed by atoms with van der Waals surface area (Å²) in [7, 11) is 0. The lowest BCUT2D eigenvalue weighted by Crippen LogP contribution is -2.41. The minimum absolute atomic E-state index is 0.112. The summed E-state index contributed by atoms with van der Waals surface area (Å²) in [6, 6.07) is 11.7. The number of halogens is 3. The summed E-state index contributed by atoms with van der Waals surface area (Å²) in [6.45, 7) is 7.05. The molecule has 4 aromatic rings. The molecular weight excluding hydrogens is 555 g/mol. The number of carbonyl (C=O) groups is 2. The number of morpholine rings is 1. The van der Waals surface area contributed by atoms with Gasteiger partial charge in [-0.15, -0.1) is 5.06 Å². The van der Waals surface area contributed by atoms with E-state index in [1.165, 1.54) is 18.5 Å². The molecule has 11 nitrogen and oxygen atoms in total. The quantitative estimate of drug-likeness (QED) is 0.329.